The van der Waals surface area contributed by atoms with E-state index in [4.69, 9.17) is 16.3 Å². The number of halogens is 1. The molecule has 9 heteroatoms. The SMILES string of the molecule is C[C@H]1CN(CC2CN(c3csc(Cl)c3)CCO2)CCN1S(C)(=O)=O. The van der Waals surface area contributed by atoms with Crippen LogP contribution in [0.5, 0.6) is 0 Å². The second kappa shape index (κ2) is 7.47. The minimum absolute atomic E-state index is 0.00382. The van der Waals surface area contributed by atoms with Gasteiger partial charge in [0.15, 0.2) is 0 Å². The highest BCUT2D eigenvalue weighted by Gasteiger charge is 2.32. The molecule has 24 heavy (non-hydrogen) atoms. The maximum absolute atomic E-state index is 11.8. The van der Waals surface area contributed by atoms with Crippen molar-refractivity contribution in [2.45, 2.75) is 19.1 Å². The molecular formula is C15H24ClN3O3S2. The van der Waals surface area contributed by atoms with Gasteiger partial charge in [0.2, 0.25) is 10.0 Å². The molecule has 0 aliphatic carbocycles. The molecule has 0 saturated carbocycles. The number of ether oxygens (including phenoxy) is 1. The lowest BCUT2D eigenvalue weighted by molar-refractivity contribution is 0.00493. The van der Waals surface area contributed by atoms with Gasteiger partial charge in [-0.2, -0.15) is 4.31 Å². The lowest BCUT2D eigenvalue weighted by atomic mass is 10.2. The highest BCUT2D eigenvalue weighted by Crippen LogP contribution is 2.28. The Balaban J connectivity index is 1.55. The van der Waals surface area contributed by atoms with Gasteiger partial charge in [0.1, 0.15) is 0 Å². The Hall–Kier alpha value is -0.380. The Morgan fingerprint density at radius 3 is 2.75 bits per heavy atom. The van der Waals surface area contributed by atoms with Gasteiger partial charge in [0.25, 0.3) is 0 Å². The van der Waals surface area contributed by atoms with E-state index in [2.05, 4.69) is 15.2 Å². The first kappa shape index (κ1) is 18.4. The van der Waals surface area contributed by atoms with E-state index in [-0.39, 0.29) is 12.1 Å². The maximum atomic E-state index is 11.8. The summed E-state index contributed by atoms with van der Waals surface area (Å²) in [4.78, 5) is 4.62. The smallest absolute Gasteiger partial charge is 0.211 e. The molecule has 6 nitrogen and oxygen atoms in total. The predicted molar refractivity (Wildman–Crippen MR) is 98.7 cm³/mol. The molecule has 0 bridgehead atoms. The zero-order chi connectivity index (χ0) is 17.3. The fraction of sp³-hybridized carbons (Fsp3) is 0.733. The molecule has 3 rings (SSSR count). The average molecular weight is 394 g/mol. The third-order valence-corrected chi connectivity index (χ3v) is 7.07. The van der Waals surface area contributed by atoms with Gasteiger partial charge < -0.3 is 9.64 Å². The summed E-state index contributed by atoms with van der Waals surface area (Å²) in [5, 5.41) is 2.08. The van der Waals surface area contributed by atoms with Crippen LogP contribution in [0.3, 0.4) is 0 Å². The van der Waals surface area contributed by atoms with Crippen molar-refractivity contribution >= 4 is 38.6 Å². The van der Waals surface area contributed by atoms with Crippen LogP contribution in [0.2, 0.25) is 4.34 Å². The summed E-state index contributed by atoms with van der Waals surface area (Å²) in [6.07, 6.45) is 1.42. The zero-order valence-electron chi connectivity index (χ0n) is 14.0. The Morgan fingerprint density at radius 1 is 1.33 bits per heavy atom. The van der Waals surface area contributed by atoms with Gasteiger partial charge in [0.05, 0.1) is 23.3 Å². The number of sulfonamides is 1. The van der Waals surface area contributed by atoms with Crippen molar-refractivity contribution in [3.63, 3.8) is 0 Å². The third kappa shape index (κ3) is 4.42. The van der Waals surface area contributed by atoms with E-state index in [9.17, 15) is 8.42 Å². The number of piperazine rings is 1. The number of hydrogen-bond acceptors (Lipinski definition) is 6. The Bertz CT molecular complexity index is 667. The standard InChI is InChI=1S/C15H24ClN3O3S2/c1-12-8-17(3-4-19(12)24(2,20)21)9-14-10-18(5-6-22-14)13-7-15(16)23-11-13/h7,11-12,14H,3-6,8-10H2,1-2H3/t12-,14?/m0/s1. The number of hydrogen-bond donors (Lipinski definition) is 0. The maximum Gasteiger partial charge on any atom is 0.211 e. The summed E-state index contributed by atoms with van der Waals surface area (Å²) in [5.74, 6) is 0. The topological polar surface area (TPSA) is 53.1 Å². The molecule has 2 saturated heterocycles. The van der Waals surface area contributed by atoms with E-state index in [1.54, 1.807) is 15.6 Å². The summed E-state index contributed by atoms with van der Waals surface area (Å²) in [6.45, 7) is 7.27. The Labute approximate surface area is 153 Å². The average Bonchev–Trinajstić information content (AvgIpc) is 2.93. The Morgan fingerprint density at radius 2 is 2.12 bits per heavy atom. The van der Waals surface area contributed by atoms with Crippen LogP contribution >= 0.6 is 22.9 Å². The molecular weight excluding hydrogens is 370 g/mol. The molecule has 1 aromatic heterocycles. The van der Waals surface area contributed by atoms with Crippen molar-refractivity contribution in [2.24, 2.45) is 0 Å². The van der Waals surface area contributed by atoms with Crippen LogP contribution in [-0.2, 0) is 14.8 Å². The summed E-state index contributed by atoms with van der Waals surface area (Å²) in [6, 6.07) is 2.01. The zero-order valence-corrected chi connectivity index (χ0v) is 16.4. The summed E-state index contributed by atoms with van der Waals surface area (Å²) >= 11 is 7.58. The monoisotopic (exact) mass is 393 g/mol. The van der Waals surface area contributed by atoms with E-state index in [0.29, 0.717) is 13.2 Å². The minimum atomic E-state index is -3.12. The molecule has 136 valence electrons. The highest BCUT2D eigenvalue weighted by molar-refractivity contribution is 7.88. The van der Waals surface area contributed by atoms with Crippen molar-refractivity contribution < 1.29 is 13.2 Å². The van der Waals surface area contributed by atoms with Gasteiger partial charge in [-0.05, 0) is 13.0 Å². The summed E-state index contributed by atoms with van der Waals surface area (Å²) < 4.78 is 31.8. The third-order valence-electron chi connectivity index (χ3n) is 4.60. The summed E-state index contributed by atoms with van der Waals surface area (Å²) in [5.41, 5.74) is 1.16. The molecule has 0 radical (unpaired) electrons. The van der Waals surface area contributed by atoms with Gasteiger partial charge in [-0.1, -0.05) is 11.6 Å². The van der Waals surface area contributed by atoms with Crippen LogP contribution in [0.15, 0.2) is 11.4 Å². The van der Waals surface area contributed by atoms with E-state index in [1.165, 1.54) is 6.26 Å². The molecule has 2 fully saturated rings. The molecule has 0 N–H and O–H groups in total. The van der Waals surface area contributed by atoms with E-state index >= 15 is 0 Å². The van der Waals surface area contributed by atoms with Crippen molar-refractivity contribution in [2.75, 3.05) is 57.0 Å². The van der Waals surface area contributed by atoms with E-state index in [1.807, 2.05) is 13.0 Å². The van der Waals surface area contributed by atoms with Gasteiger partial charge in [-0.3, -0.25) is 4.90 Å². The lowest BCUT2D eigenvalue weighted by Gasteiger charge is -2.41. The van der Waals surface area contributed by atoms with Gasteiger partial charge in [0, 0.05) is 56.4 Å². The van der Waals surface area contributed by atoms with Crippen LogP contribution < -0.4 is 4.90 Å². The van der Waals surface area contributed by atoms with E-state index < -0.39 is 10.0 Å². The fourth-order valence-corrected chi connectivity index (χ4v) is 5.51. The molecule has 2 aliphatic rings. The van der Waals surface area contributed by atoms with Crippen LogP contribution in [0.4, 0.5) is 5.69 Å². The van der Waals surface area contributed by atoms with Crippen LogP contribution in [0.25, 0.3) is 0 Å². The van der Waals surface area contributed by atoms with Gasteiger partial charge >= 0.3 is 0 Å². The van der Waals surface area contributed by atoms with Crippen LogP contribution in [0, 0.1) is 0 Å². The first-order valence-electron chi connectivity index (χ1n) is 8.12. The molecule has 0 spiro atoms. The largest absolute Gasteiger partial charge is 0.373 e. The van der Waals surface area contributed by atoms with E-state index in [0.717, 1.165) is 42.7 Å². The first-order valence-corrected chi connectivity index (χ1v) is 11.2. The van der Waals surface area contributed by atoms with Gasteiger partial charge in [-0.15, -0.1) is 11.3 Å². The van der Waals surface area contributed by atoms with Gasteiger partial charge in [-0.25, -0.2) is 8.42 Å². The second-order valence-electron chi connectivity index (χ2n) is 6.53. The fourth-order valence-electron chi connectivity index (χ4n) is 3.49. The van der Waals surface area contributed by atoms with Crippen LogP contribution in [0.1, 0.15) is 6.92 Å². The Kier molecular flexibility index (Phi) is 5.73. The molecule has 1 aromatic rings. The number of rotatable bonds is 4. The summed E-state index contributed by atoms with van der Waals surface area (Å²) in [7, 11) is -3.12. The van der Waals surface area contributed by atoms with Crippen LogP contribution in [-0.4, -0.2) is 81.9 Å². The molecule has 0 amide bonds. The van der Waals surface area contributed by atoms with Crippen molar-refractivity contribution in [3.8, 4) is 0 Å². The first-order chi connectivity index (χ1) is 11.3. The number of anilines is 1. The second-order valence-corrected chi connectivity index (χ2v) is 10.0. The van der Waals surface area contributed by atoms with Crippen molar-refractivity contribution in [1.29, 1.82) is 0 Å². The van der Waals surface area contributed by atoms with Crippen molar-refractivity contribution in [1.82, 2.24) is 9.21 Å². The highest BCUT2D eigenvalue weighted by atomic mass is 35.5. The number of thiophene rings is 1. The van der Waals surface area contributed by atoms with Crippen molar-refractivity contribution in [3.05, 3.63) is 15.8 Å². The molecule has 0 aromatic carbocycles. The molecule has 2 aliphatic heterocycles. The molecule has 3 heterocycles. The lowest BCUT2D eigenvalue weighted by Crippen LogP contribution is -2.56. The molecule has 2 atom stereocenters. The molecule has 1 unspecified atom stereocenters. The minimum Gasteiger partial charge on any atom is -0.373 e. The quantitative estimate of drug-likeness (QED) is 0.777. The normalized spacial score (nSPS) is 27.5. The predicted octanol–water partition coefficient (Wildman–Crippen LogP) is 1.57. The number of morpholine rings is 1. The number of nitrogens with zero attached hydrogens (tertiary/aromatic N) is 3.